The van der Waals surface area contributed by atoms with Gasteiger partial charge in [0.2, 0.25) is 5.91 Å². The van der Waals surface area contributed by atoms with Gasteiger partial charge in [-0.05, 0) is 19.3 Å². The number of nitrogens with one attached hydrogen (secondary N) is 1. The van der Waals surface area contributed by atoms with Crippen molar-refractivity contribution in [3.05, 3.63) is 11.9 Å². The van der Waals surface area contributed by atoms with Gasteiger partial charge in [0.25, 0.3) is 0 Å². The SMILES string of the molecule is O=C(O)c1cn(C2CN(C(=O)C3CC4CCC3N4)C2)nn1. The highest BCUT2D eigenvalue weighted by Gasteiger charge is 2.46. The second-order valence-electron chi connectivity index (χ2n) is 6.18. The number of aromatic carboxylic acids is 1. The van der Waals surface area contributed by atoms with Gasteiger partial charge in [-0.2, -0.15) is 0 Å². The number of carboxylic acids is 1. The molecule has 3 fully saturated rings. The number of nitrogens with zero attached hydrogens (tertiary/aromatic N) is 4. The fourth-order valence-electron chi connectivity index (χ4n) is 3.69. The van der Waals surface area contributed by atoms with Gasteiger partial charge < -0.3 is 15.3 Å². The Hall–Kier alpha value is -1.96. The summed E-state index contributed by atoms with van der Waals surface area (Å²) in [5, 5.41) is 19.7. The van der Waals surface area contributed by atoms with E-state index in [4.69, 9.17) is 5.11 Å². The normalized spacial score (nSPS) is 31.4. The molecule has 2 bridgehead atoms. The zero-order valence-corrected chi connectivity index (χ0v) is 11.5. The molecule has 3 aliphatic heterocycles. The number of hydrogen-bond donors (Lipinski definition) is 2. The summed E-state index contributed by atoms with van der Waals surface area (Å²) >= 11 is 0. The van der Waals surface area contributed by atoms with Gasteiger partial charge in [-0.3, -0.25) is 4.79 Å². The summed E-state index contributed by atoms with van der Waals surface area (Å²) in [5.41, 5.74) is -0.0583. The van der Waals surface area contributed by atoms with E-state index >= 15 is 0 Å². The van der Waals surface area contributed by atoms with Gasteiger partial charge in [-0.15, -0.1) is 5.10 Å². The number of likely N-dealkylation sites (tertiary alicyclic amines) is 1. The lowest BCUT2D eigenvalue weighted by Gasteiger charge is -2.41. The number of aromatic nitrogens is 3. The van der Waals surface area contributed by atoms with Crippen LogP contribution in [0, 0.1) is 5.92 Å². The first-order chi connectivity index (χ1) is 10.1. The van der Waals surface area contributed by atoms with Crippen molar-refractivity contribution in [1.82, 2.24) is 25.2 Å². The third kappa shape index (κ3) is 2.01. The molecule has 3 saturated heterocycles. The van der Waals surface area contributed by atoms with Crippen LogP contribution >= 0.6 is 0 Å². The summed E-state index contributed by atoms with van der Waals surface area (Å²) in [6, 6.07) is 0.919. The molecule has 1 aromatic rings. The van der Waals surface area contributed by atoms with Crippen molar-refractivity contribution in [3.8, 4) is 0 Å². The standard InChI is InChI=1S/C13H17N5O3/c19-12(9-3-7-1-2-10(9)14-7)17-4-8(5-17)18-6-11(13(20)21)15-16-18/h6-10,14H,1-5H2,(H,20,21). The highest BCUT2D eigenvalue weighted by Crippen LogP contribution is 2.36. The first kappa shape index (κ1) is 12.8. The van der Waals surface area contributed by atoms with Crippen molar-refractivity contribution in [2.75, 3.05) is 13.1 Å². The molecule has 3 aliphatic rings. The van der Waals surface area contributed by atoms with E-state index in [0.29, 0.717) is 25.2 Å². The number of carbonyl (C=O) groups is 2. The summed E-state index contributed by atoms with van der Waals surface area (Å²) in [4.78, 5) is 25.1. The molecule has 112 valence electrons. The van der Waals surface area contributed by atoms with Gasteiger partial charge in [0.15, 0.2) is 5.69 Å². The molecule has 3 unspecified atom stereocenters. The summed E-state index contributed by atoms with van der Waals surface area (Å²) < 4.78 is 1.55. The van der Waals surface area contributed by atoms with Crippen LogP contribution < -0.4 is 5.32 Å². The van der Waals surface area contributed by atoms with Crippen molar-refractivity contribution in [3.63, 3.8) is 0 Å². The van der Waals surface area contributed by atoms with Crippen LogP contribution in [-0.2, 0) is 4.79 Å². The first-order valence-electron chi connectivity index (χ1n) is 7.32. The molecule has 4 heterocycles. The lowest BCUT2D eigenvalue weighted by Crippen LogP contribution is -2.54. The second-order valence-corrected chi connectivity index (χ2v) is 6.18. The van der Waals surface area contributed by atoms with Gasteiger partial charge in [-0.25, -0.2) is 9.48 Å². The molecule has 4 rings (SSSR count). The van der Waals surface area contributed by atoms with E-state index in [9.17, 15) is 9.59 Å². The molecule has 0 aromatic carbocycles. The van der Waals surface area contributed by atoms with Crippen LogP contribution in [0.1, 0.15) is 35.8 Å². The van der Waals surface area contributed by atoms with Crippen LogP contribution in [0.25, 0.3) is 0 Å². The molecule has 3 atom stereocenters. The molecule has 2 N–H and O–H groups in total. The average molecular weight is 291 g/mol. The smallest absolute Gasteiger partial charge is 0.358 e. The van der Waals surface area contributed by atoms with Crippen molar-refractivity contribution in [1.29, 1.82) is 0 Å². The van der Waals surface area contributed by atoms with Gasteiger partial charge in [-0.1, -0.05) is 5.21 Å². The average Bonchev–Trinajstić information content (AvgIpc) is 3.12. The maximum Gasteiger partial charge on any atom is 0.358 e. The minimum atomic E-state index is -1.08. The maximum absolute atomic E-state index is 12.5. The zero-order chi connectivity index (χ0) is 14.6. The van der Waals surface area contributed by atoms with Gasteiger partial charge in [0.1, 0.15) is 0 Å². The van der Waals surface area contributed by atoms with Crippen molar-refractivity contribution >= 4 is 11.9 Å². The van der Waals surface area contributed by atoms with E-state index in [1.165, 1.54) is 12.6 Å². The number of hydrogen-bond acceptors (Lipinski definition) is 5. The fourth-order valence-corrected chi connectivity index (χ4v) is 3.69. The first-order valence-corrected chi connectivity index (χ1v) is 7.32. The molecular formula is C13H17N5O3. The largest absolute Gasteiger partial charge is 0.476 e. The second kappa shape index (κ2) is 4.52. The lowest BCUT2D eigenvalue weighted by atomic mass is 9.87. The van der Waals surface area contributed by atoms with Crippen molar-refractivity contribution in [2.24, 2.45) is 5.92 Å². The lowest BCUT2D eigenvalue weighted by molar-refractivity contribution is -0.142. The summed E-state index contributed by atoms with van der Waals surface area (Å²) in [6.45, 7) is 1.18. The maximum atomic E-state index is 12.5. The molecule has 0 aliphatic carbocycles. The summed E-state index contributed by atoms with van der Waals surface area (Å²) in [5.74, 6) is -0.735. The van der Waals surface area contributed by atoms with Crippen LogP contribution in [0.5, 0.6) is 0 Å². The molecule has 0 spiro atoms. The van der Waals surface area contributed by atoms with Crippen LogP contribution in [0.4, 0.5) is 0 Å². The van der Waals surface area contributed by atoms with E-state index < -0.39 is 5.97 Å². The Balaban J connectivity index is 1.36. The highest BCUT2D eigenvalue weighted by molar-refractivity contribution is 5.84. The van der Waals surface area contributed by atoms with Crippen molar-refractivity contribution < 1.29 is 14.7 Å². The predicted molar refractivity (Wildman–Crippen MR) is 70.7 cm³/mol. The Morgan fingerprint density at radius 3 is 2.71 bits per heavy atom. The van der Waals surface area contributed by atoms with E-state index in [1.54, 1.807) is 4.68 Å². The summed E-state index contributed by atoms with van der Waals surface area (Å²) in [6.07, 6.45) is 4.67. The minimum Gasteiger partial charge on any atom is -0.476 e. The Bertz CT molecular complexity index is 594. The number of carboxylic acid groups (broad SMARTS) is 1. The molecule has 0 saturated carbocycles. The quantitative estimate of drug-likeness (QED) is 0.778. The fraction of sp³-hybridized carbons (Fsp3) is 0.692. The topological polar surface area (TPSA) is 100 Å². The van der Waals surface area contributed by atoms with E-state index in [1.807, 2.05) is 4.90 Å². The van der Waals surface area contributed by atoms with Gasteiger partial charge >= 0.3 is 5.97 Å². The monoisotopic (exact) mass is 291 g/mol. The Labute approximate surface area is 121 Å². The zero-order valence-electron chi connectivity index (χ0n) is 11.5. The molecule has 21 heavy (non-hydrogen) atoms. The van der Waals surface area contributed by atoms with Crippen molar-refractivity contribution in [2.45, 2.75) is 37.4 Å². The molecule has 0 radical (unpaired) electrons. The van der Waals surface area contributed by atoms with Crippen LogP contribution in [0.15, 0.2) is 6.20 Å². The molecule has 1 aromatic heterocycles. The Morgan fingerprint density at radius 1 is 1.33 bits per heavy atom. The molecule has 8 heteroatoms. The Morgan fingerprint density at radius 2 is 2.14 bits per heavy atom. The van der Waals surface area contributed by atoms with Gasteiger partial charge in [0.05, 0.1) is 18.2 Å². The number of fused-ring (bicyclic) bond motifs is 2. The van der Waals surface area contributed by atoms with Crippen LogP contribution in [0.2, 0.25) is 0 Å². The minimum absolute atomic E-state index is 0.0427. The summed E-state index contributed by atoms with van der Waals surface area (Å²) in [7, 11) is 0. The van der Waals surface area contributed by atoms with Gasteiger partial charge in [0, 0.05) is 25.2 Å². The molecule has 1 amide bonds. The van der Waals surface area contributed by atoms with Crippen LogP contribution in [-0.4, -0.2) is 62.0 Å². The number of amides is 1. The third-order valence-electron chi connectivity index (χ3n) is 4.89. The number of carbonyl (C=O) groups excluding carboxylic acids is 1. The number of rotatable bonds is 3. The molecular weight excluding hydrogens is 274 g/mol. The molecule has 8 nitrogen and oxygen atoms in total. The van der Waals surface area contributed by atoms with E-state index in [0.717, 1.165) is 12.8 Å². The Kier molecular flexibility index (Phi) is 2.75. The van der Waals surface area contributed by atoms with E-state index in [-0.39, 0.29) is 23.6 Å². The predicted octanol–water partition coefficient (Wildman–Crippen LogP) is -0.500. The third-order valence-corrected chi connectivity index (χ3v) is 4.89. The van der Waals surface area contributed by atoms with E-state index in [2.05, 4.69) is 15.6 Å². The van der Waals surface area contributed by atoms with Crippen LogP contribution in [0.3, 0.4) is 0 Å². The highest BCUT2D eigenvalue weighted by atomic mass is 16.4.